The molecular formula is C24H18N4S. The van der Waals surface area contributed by atoms with E-state index in [9.17, 15) is 0 Å². The van der Waals surface area contributed by atoms with E-state index in [1.165, 1.54) is 11.1 Å². The van der Waals surface area contributed by atoms with E-state index in [2.05, 4.69) is 74.2 Å². The highest BCUT2D eigenvalue weighted by Crippen LogP contribution is 2.37. The van der Waals surface area contributed by atoms with Crippen molar-refractivity contribution in [2.75, 3.05) is 5.32 Å². The first kappa shape index (κ1) is 17.5. The van der Waals surface area contributed by atoms with Crippen molar-refractivity contribution >= 4 is 33.2 Å². The molecule has 5 rings (SSSR count). The van der Waals surface area contributed by atoms with Gasteiger partial charge in [0.2, 0.25) is 0 Å². The Hall–Kier alpha value is -3.57. The van der Waals surface area contributed by atoms with Gasteiger partial charge in [-0.25, -0.2) is 15.0 Å². The molecule has 0 saturated carbocycles. The van der Waals surface area contributed by atoms with Crippen LogP contribution < -0.4 is 5.32 Å². The molecule has 3 aromatic heterocycles. The van der Waals surface area contributed by atoms with E-state index in [1.54, 1.807) is 17.7 Å². The van der Waals surface area contributed by atoms with Gasteiger partial charge in [-0.15, -0.1) is 11.3 Å². The number of rotatable bonds is 4. The molecule has 2 aromatic carbocycles. The summed E-state index contributed by atoms with van der Waals surface area (Å²) >= 11 is 1.63. The number of aromatic nitrogens is 3. The Balaban J connectivity index is 1.54. The maximum atomic E-state index is 4.49. The number of benzene rings is 2. The summed E-state index contributed by atoms with van der Waals surface area (Å²) in [5, 5.41) is 6.52. The van der Waals surface area contributed by atoms with Gasteiger partial charge < -0.3 is 5.32 Å². The van der Waals surface area contributed by atoms with Crippen molar-refractivity contribution in [1.29, 1.82) is 0 Å². The van der Waals surface area contributed by atoms with Crippen LogP contribution in [-0.4, -0.2) is 15.0 Å². The molecule has 0 unspecified atom stereocenters. The lowest BCUT2D eigenvalue weighted by molar-refractivity contribution is 1.20. The lowest BCUT2D eigenvalue weighted by Crippen LogP contribution is -1.97. The zero-order valence-corrected chi connectivity index (χ0v) is 16.6. The number of nitrogens with zero attached hydrogens (tertiary/aromatic N) is 3. The van der Waals surface area contributed by atoms with Crippen molar-refractivity contribution in [2.24, 2.45) is 0 Å². The minimum atomic E-state index is 0.771. The molecule has 140 valence electrons. The largest absolute Gasteiger partial charge is 0.324 e. The van der Waals surface area contributed by atoms with E-state index in [4.69, 9.17) is 0 Å². The van der Waals surface area contributed by atoms with Crippen molar-refractivity contribution in [3.63, 3.8) is 0 Å². The highest BCUT2D eigenvalue weighted by molar-refractivity contribution is 7.17. The summed E-state index contributed by atoms with van der Waals surface area (Å²) in [6.45, 7) is 2.02. The highest BCUT2D eigenvalue weighted by atomic mass is 32.1. The first-order chi connectivity index (χ1) is 14.3. The van der Waals surface area contributed by atoms with Crippen LogP contribution in [0, 0.1) is 6.92 Å². The van der Waals surface area contributed by atoms with Crippen LogP contribution in [0.15, 0.2) is 84.6 Å². The average Bonchev–Trinajstić information content (AvgIpc) is 3.21. The van der Waals surface area contributed by atoms with Crippen LogP contribution >= 0.6 is 11.3 Å². The molecular weight excluding hydrogens is 376 g/mol. The smallest absolute Gasteiger partial charge is 0.144 e. The number of hydrogen-bond acceptors (Lipinski definition) is 5. The first-order valence-electron chi connectivity index (χ1n) is 9.36. The van der Waals surface area contributed by atoms with Crippen LogP contribution in [0.4, 0.5) is 11.6 Å². The molecule has 5 heteroatoms. The van der Waals surface area contributed by atoms with Crippen molar-refractivity contribution in [3.05, 3.63) is 90.2 Å². The van der Waals surface area contributed by atoms with Crippen LogP contribution in [0.5, 0.6) is 0 Å². The Labute approximate surface area is 172 Å². The predicted molar refractivity (Wildman–Crippen MR) is 121 cm³/mol. The molecule has 0 atom stereocenters. The topological polar surface area (TPSA) is 50.7 Å². The summed E-state index contributed by atoms with van der Waals surface area (Å²) in [7, 11) is 0. The minimum Gasteiger partial charge on any atom is -0.324 e. The Morgan fingerprint density at radius 2 is 1.52 bits per heavy atom. The quantitative estimate of drug-likeness (QED) is 0.379. The third-order valence-corrected chi connectivity index (χ3v) is 5.72. The van der Waals surface area contributed by atoms with Gasteiger partial charge in [0, 0.05) is 17.1 Å². The molecule has 3 heterocycles. The standard InChI is InChI=1S/C24H18N4S/c1-16-7-12-21(25-13-16)28-23-22-20(14-29-24(22)27-15-26-23)19-10-8-18(9-11-19)17-5-3-2-4-6-17/h2-15H,1H3,(H,25,26,27,28). The lowest BCUT2D eigenvalue weighted by Gasteiger charge is -2.09. The second-order valence-electron chi connectivity index (χ2n) is 6.84. The van der Waals surface area contributed by atoms with Crippen LogP contribution in [0.2, 0.25) is 0 Å². The summed E-state index contributed by atoms with van der Waals surface area (Å²) in [5.74, 6) is 1.54. The Bertz CT molecular complexity index is 1260. The van der Waals surface area contributed by atoms with Gasteiger partial charge in [0.1, 0.15) is 22.8 Å². The number of fused-ring (bicyclic) bond motifs is 1. The molecule has 0 aliphatic heterocycles. The van der Waals surface area contributed by atoms with Gasteiger partial charge in [-0.05, 0) is 35.2 Å². The van der Waals surface area contributed by atoms with Gasteiger partial charge in [-0.2, -0.15) is 0 Å². The minimum absolute atomic E-state index is 0.771. The number of anilines is 2. The van der Waals surface area contributed by atoms with E-state index < -0.39 is 0 Å². The second kappa shape index (κ2) is 7.45. The fraction of sp³-hybridized carbons (Fsp3) is 0.0417. The molecule has 0 aliphatic rings. The van der Waals surface area contributed by atoms with Gasteiger partial charge in [0.15, 0.2) is 0 Å². The first-order valence-corrected chi connectivity index (χ1v) is 10.2. The van der Waals surface area contributed by atoms with Crippen LogP contribution in [-0.2, 0) is 0 Å². The van der Waals surface area contributed by atoms with E-state index in [1.807, 2.05) is 31.3 Å². The molecule has 0 fully saturated rings. The summed E-state index contributed by atoms with van der Waals surface area (Å²) in [6.07, 6.45) is 3.44. The fourth-order valence-electron chi connectivity index (χ4n) is 3.32. The summed E-state index contributed by atoms with van der Waals surface area (Å²) in [6, 6.07) is 23.0. The third-order valence-electron chi connectivity index (χ3n) is 4.83. The number of aryl methyl sites for hydroxylation is 1. The third kappa shape index (κ3) is 3.48. The maximum Gasteiger partial charge on any atom is 0.144 e. The zero-order chi connectivity index (χ0) is 19.6. The predicted octanol–water partition coefficient (Wildman–Crippen LogP) is 6.47. The summed E-state index contributed by atoms with van der Waals surface area (Å²) < 4.78 is 0. The number of hydrogen-bond donors (Lipinski definition) is 1. The van der Waals surface area contributed by atoms with Gasteiger partial charge >= 0.3 is 0 Å². The Morgan fingerprint density at radius 3 is 2.28 bits per heavy atom. The molecule has 0 aliphatic carbocycles. The lowest BCUT2D eigenvalue weighted by atomic mass is 10.0. The van der Waals surface area contributed by atoms with Gasteiger partial charge in [0.05, 0.1) is 5.39 Å². The van der Waals surface area contributed by atoms with Crippen LogP contribution in [0.25, 0.3) is 32.5 Å². The molecule has 0 amide bonds. The van der Waals surface area contributed by atoms with Crippen molar-refractivity contribution < 1.29 is 0 Å². The highest BCUT2D eigenvalue weighted by Gasteiger charge is 2.14. The monoisotopic (exact) mass is 394 g/mol. The molecule has 29 heavy (non-hydrogen) atoms. The molecule has 0 radical (unpaired) electrons. The maximum absolute atomic E-state index is 4.49. The molecule has 5 aromatic rings. The van der Waals surface area contributed by atoms with Crippen molar-refractivity contribution in [3.8, 4) is 22.3 Å². The molecule has 0 spiro atoms. The van der Waals surface area contributed by atoms with Crippen LogP contribution in [0.3, 0.4) is 0 Å². The summed E-state index contributed by atoms with van der Waals surface area (Å²) in [4.78, 5) is 14.3. The molecule has 0 saturated heterocycles. The second-order valence-corrected chi connectivity index (χ2v) is 7.70. The molecule has 4 nitrogen and oxygen atoms in total. The van der Waals surface area contributed by atoms with Crippen molar-refractivity contribution in [2.45, 2.75) is 6.92 Å². The van der Waals surface area contributed by atoms with Crippen molar-refractivity contribution in [1.82, 2.24) is 15.0 Å². The zero-order valence-electron chi connectivity index (χ0n) is 15.8. The van der Waals surface area contributed by atoms with Gasteiger partial charge in [0.25, 0.3) is 0 Å². The van der Waals surface area contributed by atoms with Crippen LogP contribution in [0.1, 0.15) is 5.56 Å². The fourth-order valence-corrected chi connectivity index (χ4v) is 4.23. The number of thiophene rings is 1. The Morgan fingerprint density at radius 1 is 0.759 bits per heavy atom. The molecule has 1 N–H and O–H groups in total. The molecule has 0 bridgehead atoms. The van der Waals surface area contributed by atoms with Gasteiger partial charge in [-0.1, -0.05) is 60.7 Å². The van der Waals surface area contributed by atoms with E-state index in [-0.39, 0.29) is 0 Å². The van der Waals surface area contributed by atoms with E-state index in [0.29, 0.717) is 0 Å². The number of nitrogens with one attached hydrogen (secondary N) is 1. The van der Waals surface area contributed by atoms with E-state index >= 15 is 0 Å². The average molecular weight is 395 g/mol. The van der Waals surface area contributed by atoms with E-state index in [0.717, 1.165) is 38.5 Å². The summed E-state index contributed by atoms with van der Waals surface area (Å²) in [5.41, 5.74) is 5.81. The van der Waals surface area contributed by atoms with Gasteiger partial charge in [-0.3, -0.25) is 0 Å². The Kier molecular flexibility index (Phi) is 4.50. The number of pyridine rings is 1. The SMILES string of the molecule is Cc1ccc(Nc2ncnc3scc(-c4ccc(-c5ccccc5)cc4)c23)nc1. The normalized spacial score (nSPS) is 10.9.